The van der Waals surface area contributed by atoms with Gasteiger partial charge >= 0.3 is 0 Å². The highest BCUT2D eigenvalue weighted by Gasteiger charge is 2.58. The molecule has 0 radical (unpaired) electrons. The number of hydrogen-bond donors (Lipinski definition) is 0. The van der Waals surface area contributed by atoms with Crippen LogP contribution in [0.5, 0.6) is 0 Å². The van der Waals surface area contributed by atoms with Crippen molar-refractivity contribution in [2.75, 3.05) is 0 Å². The van der Waals surface area contributed by atoms with E-state index in [2.05, 4.69) is 13.8 Å². The highest BCUT2D eigenvalue weighted by atomic mass is 14.6. The summed E-state index contributed by atoms with van der Waals surface area (Å²) in [6, 6.07) is 0. The molecule has 4 unspecified atom stereocenters. The lowest BCUT2D eigenvalue weighted by Crippen LogP contribution is -2.21. The molecule has 5 aliphatic rings. The van der Waals surface area contributed by atoms with E-state index in [9.17, 15) is 0 Å². The summed E-state index contributed by atoms with van der Waals surface area (Å²) in [5, 5.41) is 0. The largest absolute Gasteiger partial charge is 0.0654 e. The Balaban J connectivity index is 1.11. The Labute approximate surface area is 226 Å². The number of rotatable bonds is 8. The fourth-order valence-electron chi connectivity index (χ4n) is 10.6. The molecule has 2 spiro atoms. The standard InChI is InChI=1S/C36H64/c1-3-5-9-14-30-17-21-32(22-18-30)34-28-36(34)24-11-8-6-7-10-23-35(25-12-26-36)27-33(35)31-19-15-29(13-4-2)16-20-31/h29-34H,3-28H2,1-2H3. The lowest BCUT2D eigenvalue weighted by atomic mass is 9.73. The molecule has 0 aromatic heterocycles. The molecule has 0 saturated heterocycles. The Kier molecular flexibility index (Phi) is 9.88. The molecule has 0 N–H and O–H groups in total. The molecule has 0 heteroatoms. The predicted molar refractivity (Wildman–Crippen MR) is 157 cm³/mol. The highest BCUT2D eigenvalue weighted by molar-refractivity contribution is 5.08. The van der Waals surface area contributed by atoms with E-state index in [1.54, 1.807) is 116 Å². The normalized spacial score (nSPS) is 44.2. The smallest absolute Gasteiger partial charge is 0.0263 e. The number of hydrogen-bond acceptors (Lipinski definition) is 0. The molecule has 208 valence electrons. The first-order valence-corrected chi connectivity index (χ1v) is 17.7. The van der Waals surface area contributed by atoms with Gasteiger partial charge in [0.15, 0.2) is 0 Å². The summed E-state index contributed by atoms with van der Waals surface area (Å²) in [6.45, 7) is 4.75. The van der Waals surface area contributed by atoms with Crippen LogP contribution in [-0.2, 0) is 0 Å². The average molecular weight is 497 g/mol. The van der Waals surface area contributed by atoms with Crippen LogP contribution in [0.3, 0.4) is 0 Å². The quantitative estimate of drug-likeness (QED) is 0.293. The first-order valence-electron chi connectivity index (χ1n) is 17.7. The summed E-state index contributed by atoms with van der Waals surface area (Å²) in [7, 11) is 0. The zero-order valence-electron chi connectivity index (χ0n) is 24.8. The second kappa shape index (κ2) is 12.9. The van der Waals surface area contributed by atoms with Gasteiger partial charge in [0.05, 0.1) is 0 Å². The summed E-state index contributed by atoms with van der Waals surface area (Å²) < 4.78 is 0. The van der Waals surface area contributed by atoms with Crippen LogP contribution in [0, 0.1) is 46.3 Å². The summed E-state index contributed by atoms with van der Waals surface area (Å²) in [5.41, 5.74) is 1.62. The van der Waals surface area contributed by atoms with Gasteiger partial charge in [0, 0.05) is 0 Å². The third-order valence-corrected chi connectivity index (χ3v) is 13.0. The van der Waals surface area contributed by atoms with Crippen molar-refractivity contribution >= 4 is 0 Å². The van der Waals surface area contributed by atoms with Crippen LogP contribution in [-0.4, -0.2) is 0 Å². The molecule has 5 rings (SSSR count). The van der Waals surface area contributed by atoms with Crippen molar-refractivity contribution in [2.24, 2.45) is 46.3 Å². The van der Waals surface area contributed by atoms with Gasteiger partial charge in [-0.05, 0) is 111 Å². The van der Waals surface area contributed by atoms with E-state index in [-0.39, 0.29) is 0 Å². The van der Waals surface area contributed by atoms with E-state index < -0.39 is 0 Å². The van der Waals surface area contributed by atoms with E-state index in [4.69, 9.17) is 0 Å². The molecule has 36 heavy (non-hydrogen) atoms. The molecule has 0 aliphatic heterocycles. The summed E-state index contributed by atoms with van der Waals surface area (Å²) in [5.74, 6) is 6.66. The molecule has 4 atom stereocenters. The molecule has 0 aromatic rings. The minimum atomic E-state index is 0.808. The third-order valence-electron chi connectivity index (χ3n) is 13.0. The maximum Gasteiger partial charge on any atom is -0.0263 e. The van der Waals surface area contributed by atoms with Gasteiger partial charge in [-0.25, -0.2) is 0 Å². The Morgan fingerprint density at radius 3 is 1.44 bits per heavy atom. The second-order valence-corrected chi connectivity index (χ2v) is 15.3. The minimum absolute atomic E-state index is 0.808. The molecule has 0 nitrogen and oxygen atoms in total. The van der Waals surface area contributed by atoms with Crippen molar-refractivity contribution < 1.29 is 0 Å². The van der Waals surface area contributed by atoms with Gasteiger partial charge in [0.25, 0.3) is 0 Å². The second-order valence-electron chi connectivity index (χ2n) is 15.3. The lowest BCUT2D eigenvalue weighted by molar-refractivity contribution is 0.192. The first kappa shape index (κ1) is 27.6. The van der Waals surface area contributed by atoms with Crippen molar-refractivity contribution in [3.8, 4) is 0 Å². The summed E-state index contributed by atoms with van der Waals surface area (Å²) in [6.07, 6.45) is 40.5. The predicted octanol–water partition coefficient (Wildman–Crippen LogP) is 11.9. The minimum Gasteiger partial charge on any atom is -0.0654 e. The van der Waals surface area contributed by atoms with Crippen molar-refractivity contribution in [1.82, 2.24) is 0 Å². The fraction of sp³-hybridized carbons (Fsp3) is 1.00. The van der Waals surface area contributed by atoms with E-state index in [1.807, 2.05) is 0 Å². The van der Waals surface area contributed by atoms with Crippen LogP contribution in [0.1, 0.15) is 181 Å². The van der Waals surface area contributed by atoms with E-state index in [0.717, 1.165) is 46.3 Å². The lowest BCUT2D eigenvalue weighted by Gasteiger charge is -2.32. The molecule has 0 bridgehead atoms. The van der Waals surface area contributed by atoms with E-state index in [0.29, 0.717) is 0 Å². The van der Waals surface area contributed by atoms with Gasteiger partial charge in [-0.2, -0.15) is 0 Å². The molecule has 0 amide bonds. The molecule has 5 saturated carbocycles. The Morgan fingerprint density at radius 1 is 0.472 bits per heavy atom. The van der Waals surface area contributed by atoms with Crippen LogP contribution in [0.4, 0.5) is 0 Å². The fourth-order valence-corrected chi connectivity index (χ4v) is 10.6. The monoisotopic (exact) mass is 497 g/mol. The van der Waals surface area contributed by atoms with E-state index >= 15 is 0 Å². The van der Waals surface area contributed by atoms with Gasteiger partial charge < -0.3 is 0 Å². The van der Waals surface area contributed by atoms with Crippen molar-refractivity contribution in [3.05, 3.63) is 0 Å². The van der Waals surface area contributed by atoms with Crippen LogP contribution < -0.4 is 0 Å². The van der Waals surface area contributed by atoms with E-state index in [1.165, 1.54) is 51.4 Å². The van der Waals surface area contributed by atoms with Crippen LogP contribution in [0.25, 0.3) is 0 Å². The topological polar surface area (TPSA) is 0 Å². The molecule has 5 aliphatic carbocycles. The maximum absolute atomic E-state index is 2.39. The van der Waals surface area contributed by atoms with Crippen molar-refractivity contribution in [3.63, 3.8) is 0 Å². The SMILES string of the molecule is CCCCCC1CCC(C2CC23CCCCCCCC2(CCC3)CC2C2CCC(CCC)CC2)CC1. The Bertz CT molecular complexity index is 634. The molecular weight excluding hydrogens is 432 g/mol. The summed E-state index contributed by atoms with van der Waals surface area (Å²) in [4.78, 5) is 0. The summed E-state index contributed by atoms with van der Waals surface area (Å²) >= 11 is 0. The molecule has 0 aromatic carbocycles. The first-order chi connectivity index (χ1) is 17.7. The maximum atomic E-state index is 2.39. The zero-order valence-corrected chi connectivity index (χ0v) is 24.8. The average Bonchev–Trinajstić information content (AvgIpc) is 3.80. The molecular formula is C36H64. The van der Waals surface area contributed by atoms with Crippen LogP contribution in [0.2, 0.25) is 0 Å². The molecule has 0 heterocycles. The Morgan fingerprint density at radius 2 is 0.944 bits per heavy atom. The van der Waals surface area contributed by atoms with Gasteiger partial charge in [-0.3, -0.25) is 0 Å². The van der Waals surface area contributed by atoms with Crippen LogP contribution >= 0.6 is 0 Å². The third kappa shape index (κ3) is 6.76. The number of unbranched alkanes of at least 4 members (excludes halogenated alkanes) is 2. The van der Waals surface area contributed by atoms with Gasteiger partial charge in [0.2, 0.25) is 0 Å². The van der Waals surface area contributed by atoms with Crippen LogP contribution in [0.15, 0.2) is 0 Å². The van der Waals surface area contributed by atoms with Crippen molar-refractivity contribution in [1.29, 1.82) is 0 Å². The van der Waals surface area contributed by atoms with Gasteiger partial charge in [-0.1, -0.05) is 117 Å². The Hall–Kier alpha value is 0. The van der Waals surface area contributed by atoms with Crippen molar-refractivity contribution in [2.45, 2.75) is 181 Å². The molecule has 5 fully saturated rings. The highest BCUT2D eigenvalue weighted by Crippen LogP contribution is 2.68. The zero-order chi connectivity index (χ0) is 24.8. The van der Waals surface area contributed by atoms with Gasteiger partial charge in [0.1, 0.15) is 0 Å². The van der Waals surface area contributed by atoms with Gasteiger partial charge in [-0.15, -0.1) is 0 Å².